The summed E-state index contributed by atoms with van der Waals surface area (Å²) in [5.74, 6) is -2.04. The fourth-order valence-electron chi connectivity index (χ4n) is 2.43. The molecular weight excluding hydrogens is 354 g/mol. The maximum atomic E-state index is 12.0. The molecule has 2 rings (SSSR count). The minimum Gasteiger partial charge on any atom is -0.463 e. The number of esters is 3. The first kappa shape index (κ1) is 19.3. The topological polar surface area (TPSA) is 156 Å². The summed E-state index contributed by atoms with van der Waals surface area (Å²) in [6.45, 7) is 3.10. The van der Waals surface area contributed by atoms with Gasteiger partial charge < -0.3 is 18.9 Å². The van der Waals surface area contributed by atoms with Crippen LogP contribution in [0.15, 0.2) is 15.8 Å². The molecule has 2 unspecified atom stereocenters. The molecule has 0 aliphatic carbocycles. The second-order valence-corrected chi connectivity index (χ2v) is 5.40. The number of hydrogen-bond donors (Lipinski definition) is 1. The van der Waals surface area contributed by atoms with Gasteiger partial charge in [0, 0.05) is 20.8 Å². The molecule has 1 aliphatic rings. The van der Waals surface area contributed by atoms with Gasteiger partial charge in [0.1, 0.15) is 18.9 Å². The predicted octanol–water partition coefficient (Wildman–Crippen LogP) is -1.74. The van der Waals surface area contributed by atoms with Crippen LogP contribution in [-0.2, 0) is 33.3 Å². The van der Waals surface area contributed by atoms with Gasteiger partial charge in [-0.25, -0.2) is 4.79 Å². The van der Waals surface area contributed by atoms with Gasteiger partial charge >= 0.3 is 23.6 Å². The van der Waals surface area contributed by atoms with Crippen LogP contribution in [0.4, 0.5) is 0 Å². The number of ether oxygens (including phenoxy) is 4. The van der Waals surface area contributed by atoms with Crippen LogP contribution in [0.3, 0.4) is 0 Å². The van der Waals surface area contributed by atoms with E-state index in [1.54, 1.807) is 0 Å². The van der Waals surface area contributed by atoms with Crippen LogP contribution < -0.4 is 11.2 Å². The van der Waals surface area contributed by atoms with Crippen LogP contribution in [0, 0.1) is 0 Å². The zero-order chi connectivity index (χ0) is 19.4. The SMILES string of the molecule is CC(=O)OC[C@@H]1O[C@H](n2ncc(=O)[nH]c2=O)C(OC(C)=O)C1OC(C)=O. The standard InChI is InChI=1S/C14H17N3O9/c1-6(18)23-5-9-11(24-7(2)19)12(25-8(3)20)13(26-9)17-14(22)16-10(21)4-15-17/h4,9,11-13H,5H2,1-3H3,(H,16,21,22)/t9-,11?,12?,13-/m0/s1. The molecule has 142 valence electrons. The number of carbonyl (C=O) groups is 3. The number of H-pyrrole nitrogens is 1. The van der Waals surface area contributed by atoms with Gasteiger partial charge in [0.15, 0.2) is 18.4 Å². The quantitative estimate of drug-likeness (QED) is 0.465. The maximum absolute atomic E-state index is 12.0. The average Bonchev–Trinajstić information content (AvgIpc) is 2.82. The molecule has 1 N–H and O–H groups in total. The van der Waals surface area contributed by atoms with Gasteiger partial charge in [0.25, 0.3) is 5.56 Å². The third-order valence-electron chi connectivity index (χ3n) is 3.32. The molecule has 0 bridgehead atoms. The smallest absolute Gasteiger partial charge is 0.347 e. The molecule has 0 saturated carbocycles. The van der Waals surface area contributed by atoms with Crippen molar-refractivity contribution in [2.24, 2.45) is 0 Å². The van der Waals surface area contributed by atoms with Gasteiger partial charge in [0.05, 0.1) is 0 Å². The van der Waals surface area contributed by atoms with E-state index in [-0.39, 0.29) is 6.61 Å². The van der Waals surface area contributed by atoms with Crippen molar-refractivity contribution in [2.75, 3.05) is 6.61 Å². The molecular formula is C14H17N3O9. The van der Waals surface area contributed by atoms with Crippen molar-refractivity contribution in [1.29, 1.82) is 0 Å². The normalized spacial score (nSPS) is 24.7. The number of nitrogens with zero attached hydrogens (tertiary/aromatic N) is 2. The zero-order valence-electron chi connectivity index (χ0n) is 14.2. The summed E-state index contributed by atoms with van der Waals surface area (Å²) in [5, 5.41) is 3.66. The summed E-state index contributed by atoms with van der Waals surface area (Å²) in [6.07, 6.45) is -3.93. The molecule has 0 aromatic carbocycles. The number of rotatable bonds is 5. The molecule has 26 heavy (non-hydrogen) atoms. The lowest BCUT2D eigenvalue weighted by Gasteiger charge is -2.23. The molecule has 1 fully saturated rings. The second-order valence-electron chi connectivity index (χ2n) is 5.40. The molecule has 2 heterocycles. The average molecular weight is 371 g/mol. The Balaban J connectivity index is 2.41. The molecule has 1 aromatic heterocycles. The van der Waals surface area contributed by atoms with E-state index in [4.69, 9.17) is 18.9 Å². The van der Waals surface area contributed by atoms with Crippen LogP contribution in [-0.4, -0.2) is 57.6 Å². The lowest BCUT2D eigenvalue weighted by Crippen LogP contribution is -2.43. The molecule has 4 atom stereocenters. The summed E-state index contributed by atoms with van der Waals surface area (Å²) in [6, 6.07) is 0. The summed E-state index contributed by atoms with van der Waals surface area (Å²) in [4.78, 5) is 59.1. The molecule has 12 heteroatoms. The monoisotopic (exact) mass is 371 g/mol. The van der Waals surface area contributed by atoms with Crippen molar-refractivity contribution < 1.29 is 33.3 Å². The van der Waals surface area contributed by atoms with Gasteiger partial charge in [-0.2, -0.15) is 9.78 Å². The van der Waals surface area contributed by atoms with Crippen LogP contribution in [0.1, 0.15) is 27.0 Å². The van der Waals surface area contributed by atoms with Crippen molar-refractivity contribution in [3.05, 3.63) is 27.0 Å². The molecule has 0 radical (unpaired) electrons. The first-order valence-corrected chi connectivity index (χ1v) is 7.50. The third-order valence-corrected chi connectivity index (χ3v) is 3.32. The third kappa shape index (κ3) is 4.53. The maximum Gasteiger partial charge on any atom is 0.347 e. The van der Waals surface area contributed by atoms with E-state index < -0.39 is 53.7 Å². The molecule has 0 amide bonds. The Bertz CT molecular complexity index is 814. The first-order chi connectivity index (χ1) is 12.2. The van der Waals surface area contributed by atoms with E-state index in [1.165, 1.54) is 6.92 Å². The van der Waals surface area contributed by atoms with Gasteiger partial charge in [-0.3, -0.25) is 24.2 Å². The van der Waals surface area contributed by atoms with Crippen LogP contribution in [0.2, 0.25) is 0 Å². The van der Waals surface area contributed by atoms with Crippen molar-refractivity contribution in [3.63, 3.8) is 0 Å². The second kappa shape index (κ2) is 7.91. The molecule has 1 aromatic rings. The highest BCUT2D eigenvalue weighted by Crippen LogP contribution is 2.33. The van der Waals surface area contributed by atoms with Crippen LogP contribution in [0.5, 0.6) is 0 Å². The number of carbonyl (C=O) groups excluding carboxylic acids is 3. The highest BCUT2D eigenvalue weighted by atomic mass is 16.7. The van der Waals surface area contributed by atoms with Crippen molar-refractivity contribution >= 4 is 17.9 Å². The van der Waals surface area contributed by atoms with Gasteiger partial charge in [0.2, 0.25) is 0 Å². The van der Waals surface area contributed by atoms with E-state index >= 15 is 0 Å². The van der Waals surface area contributed by atoms with Crippen LogP contribution >= 0.6 is 0 Å². The minimum atomic E-state index is -1.31. The van der Waals surface area contributed by atoms with Crippen LogP contribution in [0.25, 0.3) is 0 Å². The zero-order valence-corrected chi connectivity index (χ0v) is 14.2. The van der Waals surface area contributed by atoms with Gasteiger partial charge in [-0.1, -0.05) is 0 Å². The number of hydrogen-bond acceptors (Lipinski definition) is 10. The van der Waals surface area contributed by atoms with Gasteiger partial charge in [-0.15, -0.1) is 0 Å². The Morgan fingerprint density at radius 1 is 1.12 bits per heavy atom. The van der Waals surface area contributed by atoms with E-state index in [0.29, 0.717) is 0 Å². The van der Waals surface area contributed by atoms with E-state index in [2.05, 4.69) is 5.10 Å². The number of nitrogens with one attached hydrogen (secondary N) is 1. The fourth-order valence-corrected chi connectivity index (χ4v) is 2.43. The highest BCUT2D eigenvalue weighted by Gasteiger charge is 2.51. The molecule has 1 aliphatic heterocycles. The lowest BCUT2D eigenvalue weighted by atomic mass is 10.1. The Hall–Kier alpha value is -3.02. The number of aromatic nitrogens is 3. The molecule has 0 spiro atoms. The first-order valence-electron chi connectivity index (χ1n) is 7.50. The van der Waals surface area contributed by atoms with E-state index in [0.717, 1.165) is 24.7 Å². The van der Waals surface area contributed by atoms with E-state index in [9.17, 15) is 24.0 Å². The van der Waals surface area contributed by atoms with Crippen molar-refractivity contribution in [2.45, 2.75) is 45.3 Å². The molecule has 12 nitrogen and oxygen atoms in total. The summed E-state index contributed by atoms with van der Waals surface area (Å²) >= 11 is 0. The van der Waals surface area contributed by atoms with Crippen molar-refractivity contribution in [3.8, 4) is 0 Å². The Morgan fingerprint density at radius 2 is 1.73 bits per heavy atom. The largest absolute Gasteiger partial charge is 0.463 e. The lowest BCUT2D eigenvalue weighted by molar-refractivity contribution is -0.166. The highest BCUT2D eigenvalue weighted by molar-refractivity contribution is 5.67. The van der Waals surface area contributed by atoms with Crippen molar-refractivity contribution in [1.82, 2.24) is 14.8 Å². The molecule has 1 saturated heterocycles. The van der Waals surface area contributed by atoms with Gasteiger partial charge in [-0.05, 0) is 0 Å². The number of aromatic amines is 1. The predicted molar refractivity (Wildman–Crippen MR) is 80.8 cm³/mol. The summed E-state index contributed by atoms with van der Waals surface area (Å²) in [7, 11) is 0. The van der Waals surface area contributed by atoms with E-state index in [1.807, 2.05) is 4.98 Å². The Labute approximate surface area is 146 Å². The minimum absolute atomic E-state index is 0.320. The summed E-state index contributed by atoms with van der Waals surface area (Å²) < 4.78 is 21.5. The Kier molecular flexibility index (Phi) is 5.87. The Morgan fingerprint density at radius 3 is 2.27 bits per heavy atom. The fraction of sp³-hybridized carbons (Fsp3) is 0.571. The summed E-state index contributed by atoms with van der Waals surface area (Å²) in [5.41, 5.74) is -1.66.